The molecule has 0 aliphatic heterocycles. The van der Waals surface area contributed by atoms with Crippen LogP contribution in [0.5, 0.6) is 0 Å². The van der Waals surface area contributed by atoms with Crippen molar-refractivity contribution in [1.29, 1.82) is 0 Å². The lowest BCUT2D eigenvalue weighted by Gasteiger charge is -2.19. The van der Waals surface area contributed by atoms with Crippen LogP contribution in [-0.4, -0.2) is 16.9 Å². The zero-order valence-electron chi connectivity index (χ0n) is 20.9. The highest BCUT2D eigenvalue weighted by atomic mass is 19.1. The van der Waals surface area contributed by atoms with Crippen LogP contribution < -0.4 is 5.32 Å². The minimum atomic E-state index is -1.19. The Bertz CT molecular complexity index is 1610. The van der Waals surface area contributed by atoms with E-state index >= 15 is 0 Å². The molecule has 4 aromatic carbocycles. The molecule has 0 aliphatic rings. The smallest absolute Gasteiger partial charge is 0.340 e. The second kappa shape index (κ2) is 10.6. The van der Waals surface area contributed by atoms with Crippen molar-refractivity contribution < 1.29 is 18.7 Å². The molecule has 6 heteroatoms. The highest BCUT2D eigenvalue weighted by molar-refractivity contribution is 6.06. The number of rotatable bonds is 6. The standard InChI is InChI=1S/C32H25FN2O3/c1-20-16-21(2)18-25(17-20)34-31(36)30(23-8-4-3-5-9-23)38-32(37)27-19-29(22-12-14-24(33)15-13-22)35-28-11-7-6-10-26(27)28/h3-19,30H,1-2H3,(H,34,36). The second-order valence-corrected chi connectivity index (χ2v) is 9.14. The number of nitrogens with one attached hydrogen (secondary N) is 1. The first-order valence-electron chi connectivity index (χ1n) is 12.2. The lowest BCUT2D eigenvalue weighted by Crippen LogP contribution is -2.26. The third-order valence-electron chi connectivity index (χ3n) is 6.13. The first-order valence-corrected chi connectivity index (χ1v) is 12.2. The van der Waals surface area contributed by atoms with E-state index in [9.17, 15) is 14.0 Å². The number of aromatic nitrogens is 1. The van der Waals surface area contributed by atoms with Gasteiger partial charge in [-0.05, 0) is 73.5 Å². The number of carbonyl (C=O) groups excluding carboxylic acids is 2. The van der Waals surface area contributed by atoms with Crippen LogP contribution in [0, 0.1) is 19.7 Å². The molecule has 0 radical (unpaired) electrons. The number of ether oxygens (including phenoxy) is 1. The molecule has 5 aromatic rings. The molecule has 188 valence electrons. The lowest BCUT2D eigenvalue weighted by molar-refractivity contribution is -0.125. The van der Waals surface area contributed by atoms with Gasteiger partial charge in [-0.15, -0.1) is 0 Å². The van der Waals surface area contributed by atoms with Gasteiger partial charge in [0.15, 0.2) is 0 Å². The summed E-state index contributed by atoms with van der Waals surface area (Å²) in [6.45, 7) is 3.90. The zero-order chi connectivity index (χ0) is 26.6. The van der Waals surface area contributed by atoms with Gasteiger partial charge in [-0.25, -0.2) is 14.2 Å². The highest BCUT2D eigenvalue weighted by Gasteiger charge is 2.27. The number of fused-ring (bicyclic) bond motifs is 1. The topological polar surface area (TPSA) is 68.3 Å². The van der Waals surface area contributed by atoms with Crippen LogP contribution in [0.25, 0.3) is 22.2 Å². The number of carbonyl (C=O) groups is 2. The summed E-state index contributed by atoms with van der Waals surface area (Å²) in [6, 6.07) is 29.3. The fourth-order valence-corrected chi connectivity index (χ4v) is 4.44. The first-order chi connectivity index (χ1) is 18.4. The van der Waals surface area contributed by atoms with Crippen molar-refractivity contribution >= 4 is 28.5 Å². The van der Waals surface area contributed by atoms with E-state index in [4.69, 9.17) is 4.74 Å². The van der Waals surface area contributed by atoms with Crippen molar-refractivity contribution in [3.05, 3.63) is 131 Å². The number of hydrogen-bond donors (Lipinski definition) is 1. The third-order valence-corrected chi connectivity index (χ3v) is 6.13. The van der Waals surface area contributed by atoms with Crippen LogP contribution in [-0.2, 0) is 9.53 Å². The molecule has 0 saturated carbocycles. The van der Waals surface area contributed by atoms with E-state index in [1.807, 2.05) is 44.2 Å². The van der Waals surface area contributed by atoms with Gasteiger partial charge in [0.2, 0.25) is 6.10 Å². The van der Waals surface area contributed by atoms with Crippen LogP contribution in [0.15, 0.2) is 103 Å². The van der Waals surface area contributed by atoms with Gasteiger partial charge in [0, 0.05) is 22.2 Å². The number of benzene rings is 4. The number of esters is 1. The van der Waals surface area contributed by atoms with E-state index in [1.165, 1.54) is 12.1 Å². The van der Waals surface area contributed by atoms with Gasteiger partial charge >= 0.3 is 5.97 Å². The predicted molar refractivity (Wildman–Crippen MR) is 146 cm³/mol. The molecule has 1 N–H and O–H groups in total. The van der Waals surface area contributed by atoms with Gasteiger partial charge in [-0.2, -0.15) is 0 Å². The molecule has 0 spiro atoms. The minimum Gasteiger partial charge on any atom is -0.444 e. The number of hydrogen-bond acceptors (Lipinski definition) is 4. The van der Waals surface area contributed by atoms with E-state index in [0.29, 0.717) is 33.4 Å². The zero-order valence-corrected chi connectivity index (χ0v) is 20.9. The number of para-hydroxylation sites is 1. The Balaban J connectivity index is 1.52. The van der Waals surface area contributed by atoms with Crippen molar-refractivity contribution in [1.82, 2.24) is 4.98 Å². The van der Waals surface area contributed by atoms with Crippen LogP contribution in [0.2, 0.25) is 0 Å². The van der Waals surface area contributed by atoms with Crippen molar-refractivity contribution in [2.75, 3.05) is 5.32 Å². The minimum absolute atomic E-state index is 0.259. The van der Waals surface area contributed by atoms with Gasteiger partial charge in [0.1, 0.15) is 5.82 Å². The largest absolute Gasteiger partial charge is 0.444 e. The fourth-order valence-electron chi connectivity index (χ4n) is 4.44. The van der Waals surface area contributed by atoms with E-state index in [0.717, 1.165) is 11.1 Å². The van der Waals surface area contributed by atoms with Gasteiger partial charge in [-0.1, -0.05) is 54.6 Å². The third kappa shape index (κ3) is 5.44. The van der Waals surface area contributed by atoms with E-state index in [1.54, 1.807) is 60.7 Å². The van der Waals surface area contributed by atoms with Crippen molar-refractivity contribution in [3.8, 4) is 11.3 Å². The van der Waals surface area contributed by atoms with Crippen LogP contribution in [0.3, 0.4) is 0 Å². The second-order valence-electron chi connectivity index (χ2n) is 9.14. The number of anilines is 1. The van der Waals surface area contributed by atoms with Gasteiger partial charge < -0.3 is 10.1 Å². The quantitative estimate of drug-likeness (QED) is 0.248. The summed E-state index contributed by atoms with van der Waals surface area (Å²) in [5.41, 5.74) is 5.16. The van der Waals surface area contributed by atoms with Crippen LogP contribution in [0.4, 0.5) is 10.1 Å². The van der Waals surface area contributed by atoms with E-state index < -0.39 is 18.0 Å². The van der Waals surface area contributed by atoms with E-state index in [-0.39, 0.29) is 11.4 Å². The summed E-state index contributed by atoms with van der Waals surface area (Å²) >= 11 is 0. The molecule has 38 heavy (non-hydrogen) atoms. The molecule has 5 nitrogen and oxygen atoms in total. The van der Waals surface area contributed by atoms with Gasteiger partial charge in [-0.3, -0.25) is 4.79 Å². The maximum atomic E-state index is 13.7. The van der Waals surface area contributed by atoms with Crippen molar-refractivity contribution in [2.24, 2.45) is 0 Å². The van der Waals surface area contributed by atoms with Crippen molar-refractivity contribution in [3.63, 3.8) is 0 Å². The summed E-state index contributed by atoms with van der Waals surface area (Å²) in [7, 11) is 0. The Labute approximate surface area is 219 Å². The predicted octanol–water partition coefficient (Wildman–Crippen LogP) is 7.19. The summed E-state index contributed by atoms with van der Waals surface area (Å²) < 4.78 is 19.4. The molecule has 5 rings (SSSR count). The number of amides is 1. The fraction of sp³-hybridized carbons (Fsp3) is 0.0938. The Morgan fingerprint density at radius 1 is 0.816 bits per heavy atom. The molecule has 1 unspecified atom stereocenters. The molecule has 0 fully saturated rings. The molecule has 0 bridgehead atoms. The average Bonchev–Trinajstić information content (AvgIpc) is 2.91. The molecule has 0 aliphatic carbocycles. The average molecular weight is 505 g/mol. The number of halogens is 1. The summed E-state index contributed by atoms with van der Waals surface area (Å²) in [6.07, 6.45) is -1.19. The Hall–Kier alpha value is -4.84. The number of pyridine rings is 1. The monoisotopic (exact) mass is 504 g/mol. The summed E-state index contributed by atoms with van der Waals surface area (Å²) in [5, 5.41) is 3.48. The maximum absolute atomic E-state index is 13.7. The van der Waals surface area contributed by atoms with Crippen LogP contribution >= 0.6 is 0 Å². The van der Waals surface area contributed by atoms with Gasteiger partial charge in [0.25, 0.3) is 5.91 Å². The van der Waals surface area contributed by atoms with Crippen molar-refractivity contribution in [2.45, 2.75) is 20.0 Å². The normalized spacial score (nSPS) is 11.7. The first kappa shape index (κ1) is 24.8. The molecular formula is C32H25FN2O3. The molecular weight excluding hydrogens is 479 g/mol. The molecule has 0 saturated heterocycles. The highest BCUT2D eigenvalue weighted by Crippen LogP contribution is 2.28. The Morgan fingerprint density at radius 2 is 1.47 bits per heavy atom. The van der Waals surface area contributed by atoms with Crippen LogP contribution in [0.1, 0.15) is 33.2 Å². The molecule has 1 heterocycles. The summed E-state index contributed by atoms with van der Waals surface area (Å²) in [4.78, 5) is 31.8. The lowest BCUT2D eigenvalue weighted by atomic mass is 10.0. The van der Waals surface area contributed by atoms with Gasteiger partial charge in [0.05, 0.1) is 16.8 Å². The number of aryl methyl sites for hydroxylation is 2. The molecule has 1 amide bonds. The number of nitrogens with zero attached hydrogens (tertiary/aromatic N) is 1. The maximum Gasteiger partial charge on any atom is 0.340 e. The molecule has 1 atom stereocenters. The Kier molecular flexibility index (Phi) is 6.96. The summed E-state index contributed by atoms with van der Waals surface area (Å²) in [5.74, 6) is -1.50. The van der Waals surface area contributed by atoms with E-state index in [2.05, 4.69) is 10.3 Å². The SMILES string of the molecule is Cc1cc(C)cc(NC(=O)C(OC(=O)c2cc(-c3ccc(F)cc3)nc3ccccc23)c2ccccc2)c1. The Morgan fingerprint density at radius 3 is 2.18 bits per heavy atom. The molecule has 1 aromatic heterocycles.